The molecule has 1 saturated heterocycles. The SMILES string of the molecule is Cc1ccc(N2C(=O)/C(=C/c3ccc(F)c(Br)c3)SC2=S)cc1. The molecule has 1 aliphatic rings. The van der Waals surface area contributed by atoms with Crippen molar-refractivity contribution in [3.05, 3.63) is 68.8 Å². The highest BCUT2D eigenvalue weighted by molar-refractivity contribution is 9.10. The summed E-state index contributed by atoms with van der Waals surface area (Å²) in [6.07, 6.45) is 1.72. The lowest BCUT2D eigenvalue weighted by atomic mass is 10.2. The topological polar surface area (TPSA) is 20.3 Å². The van der Waals surface area contributed by atoms with Gasteiger partial charge in [0, 0.05) is 0 Å². The van der Waals surface area contributed by atoms with E-state index in [4.69, 9.17) is 12.2 Å². The Kier molecular flexibility index (Phi) is 4.66. The van der Waals surface area contributed by atoms with Gasteiger partial charge in [-0.2, -0.15) is 0 Å². The molecule has 1 heterocycles. The van der Waals surface area contributed by atoms with Crippen LogP contribution in [0.25, 0.3) is 6.08 Å². The number of halogens is 2. The maximum absolute atomic E-state index is 13.3. The van der Waals surface area contributed by atoms with Crippen LogP contribution >= 0.6 is 39.9 Å². The summed E-state index contributed by atoms with van der Waals surface area (Å²) >= 11 is 9.72. The largest absolute Gasteiger partial charge is 0.270 e. The first kappa shape index (κ1) is 16.4. The molecule has 116 valence electrons. The lowest BCUT2D eigenvalue weighted by molar-refractivity contribution is -0.113. The van der Waals surface area contributed by atoms with Crippen molar-refractivity contribution in [1.82, 2.24) is 0 Å². The average molecular weight is 408 g/mol. The van der Waals surface area contributed by atoms with Gasteiger partial charge in [-0.25, -0.2) is 4.39 Å². The van der Waals surface area contributed by atoms with Gasteiger partial charge in [-0.3, -0.25) is 9.69 Å². The van der Waals surface area contributed by atoms with Crippen LogP contribution < -0.4 is 4.90 Å². The summed E-state index contributed by atoms with van der Waals surface area (Å²) in [6, 6.07) is 12.2. The molecule has 1 amide bonds. The summed E-state index contributed by atoms with van der Waals surface area (Å²) in [6.45, 7) is 1.99. The van der Waals surface area contributed by atoms with Crippen LogP contribution in [-0.4, -0.2) is 10.2 Å². The fraction of sp³-hybridized carbons (Fsp3) is 0.0588. The number of benzene rings is 2. The van der Waals surface area contributed by atoms with Crippen molar-refractivity contribution < 1.29 is 9.18 Å². The Morgan fingerprint density at radius 1 is 1.22 bits per heavy atom. The standard InChI is InChI=1S/C17H11BrFNOS2/c1-10-2-5-12(6-3-10)20-16(21)15(23-17(20)22)9-11-4-7-14(19)13(18)8-11/h2-9H,1H3/b15-9-. The molecule has 0 aromatic heterocycles. The van der Waals surface area contributed by atoms with E-state index in [1.807, 2.05) is 31.2 Å². The molecular formula is C17H11BrFNOS2. The molecule has 0 aliphatic carbocycles. The first-order valence-electron chi connectivity index (χ1n) is 6.75. The van der Waals surface area contributed by atoms with E-state index in [0.29, 0.717) is 13.7 Å². The van der Waals surface area contributed by atoms with Crippen LogP contribution in [0.4, 0.5) is 10.1 Å². The van der Waals surface area contributed by atoms with E-state index >= 15 is 0 Å². The number of carbonyl (C=O) groups excluding carboxylic acids is 1. The molecule has 0 spiro atoms. The number of hydrogen-bond acceptors (Lipinski definition) is 3. The first-order valence-corrected chi connectivity index (χ1v) is 8.77. The third-order valence-electron chi connectivity index (χ3n) is 3.33. The Hall–Kier alpha value is -1.50. The minimum absolute atomic E-state index is 0.163. The van der Waals surface area contributed by atoms with Gasteiger partial charge in [-0.1, -0.05) is 47.7 Å². The number of thioether (sulfide) groups is 1. The summed E-state index contributed by atoms with van der Waals surface area (Å²) in [5.41, 5.74) is 2.61. The number of rotatable bonds is 2. The minimum atomic E-state index is -0.339. The second-order valence-corrected chi connectivity index (χ2v) is 7.56. The van der Waals surface area contributed by atoms with Gasteiger partial charge in [0.25, 0.3) is 5.91 Å². The molecule has 0 saturated carbocycles. The second-order valence-electron chi connectivity index (χ2n) is 5.03. The van der Waals surface area contributed by atoms with Gasteiger partial charge in [-0.15, -0.1) is 0 Å². The Balaban J connectivity index is 1.92. The molecule has 2 aromatic rings. The minimum Gasteiger partial charge on any atom is -0.268 e. The van der Waals surface area contributed by atoms with Gasteiger partial charge in [0.1, 0.15) is 5.82 Å². The summed E-state index contributed by atoms with van der Waals surface area (Å²) in [5.74, 6) is -0.501. The van der Waals surface area contributed by atoms with Gasteiger partial charge < -0.3 is 0 Å². The number of amides is 1. The maximum Gasteiger partial charge on any atom is 0.270 e. The lowest BCUT2D eigenvalue weighted by Gasteiger charge is -2.14. The molecular weight excluding hydrogens is 397 g/mol. The molecule has 3 rings (SSSR count). The predicted octanol–water partition coefficient (Wildman–Crippen LogP) is 5.30. The summed E-state index contributed by atoms with van der Waals surface area (Å²) < 4.78 is 14.2. The molecule has 2 nitrogen and oxygen atoms in total. The number of anilines is 1. The van der Waals surface area contributed by atoms with Gasteiger partial charge in [0.15, 0.2) is 4.32 Å². The van der Waals surface area contributed by atoms with Crippen LogP contribution in [0.3, 0.4) is 0 Å². The molecule has 0 atom stereocenters. The average Bonchev–Trinajstić information content (AvgIpc) is 2.79. The highest BCUT2D eigenvalue weighted by atomic mass is 79.9. The molecule has 0 N–H and O–H groups in total. The van der Waals surface area contributed by atoms with E-state index in [9.17, 15) is 9.18 Å². The van der Waals surface area contributed by atoms with Crippen LogP contribution in [0.5, 0.6) is 0 Å². The van der Waals surface area contributed by atoms with E-state index < -0.39 is 0 Å². The van der Waals surface area contributed by atoms with Crippen LogP contribution in [-0.2, 0) is 4.79 Å². The fourth-order valence-corrected chi connectivity index (χ4v) is 3.83. The van der Waals surface area contributed by atoms with Crippen molar-refractivity contribution in [2.75, 3.05) is 4.90 Å². The quantitative estimate of drug-likeness (QED) is 0.497. The third-order valence-corrected chi connectivity index (χ3v) is 5.24. The second kappa shape index (κ2) is 6.55. The molecule has 0 unspecified atom stereocenters. The van der Waals surface area contributed by atoms with Crippen molar-refractivity contribution in [2.24, 2.45) is 0 Å². The van der Waals surface area contributed by atoms with Crippen molar-refractivity contribution in [3.8, 4) is 0 Å². The Labute approximate surface area is 151 Å². The fourth-order valence-electron chi connectivity index (χ4n) is 2.14. The maximum atomic E-state index is 13.3. The van der Waals surface area contributed by atoms with Crippen LogP contribution in [0, 0.1) is 12.7 Å². The summed E-state index contributed by atoms with van der Waals surface area (Å²) in [5, 5.41) is 0. The van der Waals surface area contributed by atoms with Gasteiger partial charge in [0.2, 0.25) is 0 Å². The Bertz CT molecular complexity index is 833. The summed E-state index contributed by atoms with van der Waals surface area (Å²) in [4.78, 5) is 14.7. The third kappa shape index (κ3) is 3.39. The van der Waals surface area contributed by atoms with Crippen molar-refractivity contribution in [2.45, 2.75) is 6.92 Å². The first-order chi connectivity index (χ1) is 11.0. The number of hydrogen-bond donors (Lipinski definition) is 0. The number of aryl methyl sites for hydroxylation is 1. The summed E-state index contributed by atoms with van der Waals surface area (Å²) in [7, 11) is 0. The molecule has 2 aromatic carbocycles. The number of carbonyl (C=O) groups is 1. The van der Waals surface area contributed by atoms with Crippen LogP contribution in [0.2, 0.25) is 0 Å². The number of thiocarbonyl (C=S) groups is 1. The van der Waals surface area contributed by atoms with Crippen LogP contribution in [0.15, 0.2) is 51.8 Å². The lowest BCUT2D eigenvalue weighted by Crippen LogP contribution is -2.27. The van der Waals surface area contributed by atoms with Crippen molar-refractivity contribution >= 4 is 61.9 Å². The predicted molar refractivity (Wildman–Crippen MR) is 101 cm³/mol. The molecule has 6 heteroatoms. The van der Waals surface area contributed by atoms with E-state index in [1.165, 1.54) is 22.7 Å². The van der Waals surface area contributed by atoms with Gasteiger partial charge in [0.05, 0.1) is 15.1 Å². The molecule has 0 radical (unpaired) electrons. The monoisotopic (exact) mass is 407 g/mol. The number of nitrogens with zero attached hydrogens (tertiary/aromatic N) is 1. The van der Waals surface area contributed by atoms with E-state index in [1.54, 1.807) is 18.2 Å². The molecule has 1 aliphatic heterocycles. The van der Waals surface area contributed by atoms with Crippen molar-refractivity contribution in [1.29, 1.82) is 0 Å². The molecule has 0 bridgehead atoms. The molecule has 1 fully saturated rings. The zero-order valence-electron chi connectivity index (χ0n) is 12.0. The van der Waals surface area contributed by atoms with Gasteiger partial charge >= 0.3 is 0 Å². The Morgan fingerprint density at radius 2 is 1.91 bits per heavy atom. The van der Waals surface area contributed by atoms with Gasteiger partial charge in [-0.05, 0) is 58.8 Å². The Morgan fingerprint density at radius 3 is 2.57 bits per heavy atom. The zero-order chi connectivity index (χ0) is 16.6. The van der Waals surface area contributed by atoms with Crippen LogP contribution in [0.1, 0.15) is 11.1 Å². The smallest absolute Gasteiger partial charge is 0.268 e. The zero-order valence-corrected chi connectivity index (χ0v) is 15.3. The van der Waals surface area contributed by atoms with Crippen molar-refractivity contribution in [3.63, 3.8) is 0 Å². The highest BCUT2D eigenvalue weighted by Crippen LogP contribution is 2.36. The van der Waals surface area contributed by atoms with E-state index in [2.05, 4.69) is 15.9 Å². The molecule has 23 heavy (non-hydrogen) atoms. The normalized spacial score (nSPS) is 16.5. The van der Waals surface area contributed by atoms with E-state index in [0.717, 1.165) is 16.8 Å². The van der Waals surface area contributed by atoms with E-state index in [-0.39, 0.29) is 11.7 Å². The highest BCUT2D eigenvalue weighted by Gasteiger charge is 2.33.